The second kappa shape index (κ2) is 7.14. The highest BCUT2D eigenvalue weighted by Gasteiger charge is 2.14. The fourth-order valence-corrected chi connectivity index (χ4v) is 2.39. The van der Waals surface area contributed by atoms with Crippen LogP contribution in [0.25, 0.3) is 11.0 Å². The van der Waals surface area contributed by atoms with Crippen LogP contribution in [0.5, 0.6) is 17.4 Å². The van der Waals surface area contributed by atoms with Crippen molar-refractivity contribution >= 4 is 16.9 Å². The lowest BCUT2D eigenvalue weighted by atomic mass is 10.0. The highest BCUT2D eigenvalue weighted by molar-refractivity contribution is 5.83. The molecule has 1 unspecified atom stereocenters. The van der Waals surface area contributed by atoms with Gasteiger partial charge in [-0.05, 0) is 36.8 Å². The van der Waals surface area contributed by atoms with Crippen molar-refractivity contribution in [2.24, 2.45) is 0 Å². The van der Waals surface area contributed by atoms with Gasteiger partial charge in [0.1, 0.15) is 11.5 Å². The van der Waals surface area contributed by atoms with Gasteiger partial charge in [0, 0.05) is 12.3 Å². The van der Waals surface area contributed by atoms with Gasteiger partial charge in [0.2, 0.25) is 5.88 Å². The number of pyridine rings is 2. The standard InChI is InChI=1S/C18H17N3O4/c1-11(18(22)21-23)12-3-5-13(6-4-12)25-15-9-10-19-17-14(15)7-8-16(20-17)24-2/h3-11,23H,1-2H3,(H,21,22). The van der Waals surface area contributed by atoms with Crippen molar-refractivity contribution in [2.75, 3.05) is 7.11 Å². The lowest BCUT2D eigenvalue weighted by Gasteiger charge is -2.12. The average Bonchev–Trinajstić information content (AvgIpc) is 2.67. The van der Waals surface area contributed by atoms with Gasteiger partial charge in [-0.15, -0.1) is 0 Å². The molecule has 7 heteroatoms. The van der Waals surface area contributed by atoms with Crippen LogP contribution in [0.1, 0.15) is 18.4 Å². The number of nitrogens with zero attached hydrogens (tertiary/aromatic N) is 2. The van der Waals surface area contributed by atoms with Crippen LogP contribution < -0.4 is 15.0 Å². The molecule has 7 nitrogen and oxygen atoms in total. The maximum atomic E-state index is 11.5. The van der Waals surface area contributed by atoms with Crippen molar-refractivity contribution < 1.29 is 19.5 Å². The SMILES string of the molecule is COc1ccc2c(Oc3ccc(C(C)C(=O)NO)cc3)ccnc2n1. The van der Waals surface area contributed by atoms with Crippen LogP contribution in [0.3, 0.4) is 0 Å². The van der Waals surface area contributed by atoms with Gasteiger partial charge in [0.05, 0.1) is 18.4 Å². The second-order valence-electron chi connectivity index (χ2n) is 5.40. The lowest BCUT2D eigenvalue weighted by Crippen LogP contribution is -2.24. The van der Waals surface area contributed by atoms with Gasteiger partial charge in [0.15, 0.2) is 5.65 Å². The van der Waals surface area contributed by atoms with E-state index in [0.29, 0.717) is 23.0 Å². The Labute approximate surface area is 144 Å². The maximum absolute atomic E-state index is 11.5. The smallest absolute Gasteiger partial charge is 0.250 e. The van der Waals surface area contributed by atoms with E-state index in [-0.39, 0.29) is 0 Å². The van der Waals surface area contributed by atoms with Crippen molar-refractivity contribution in [3.8, 4) is 17.4 Å². The zero-order valence-electron chi connectivity index (χ0n) is 13.8. The van der Waals surface area contributed by atoms with E-state index in [1.54, 1.807) is 62.1 Å². The number of amides is 1. The Kier molecular flexibility index (Phi) is 4.76. The minimum atomic E-state index is -0.464. The zero-order chi connectivity index (χ0) is 17.8. The minimum absolute atomic E-state index is 0.461. The summed E-state index contributed by atoms with van der Waals surface area (Å²) in [4.78, 5) is 20.0. The van der Waals surface area contributed by atoms with Gasteiger partial charge in [-0.1, -0.05) is 12.1 Å². The third-order valence-electron chi connectivity index (χ3n) is 3.86. The molecule has 0 bridgehead atoms. The first-order valence-corrected chi connectivity index (χ1v) is 7.64. The number of hydrogen-bond acceptors (Lipinski definition) is 6. The Bertz CT molecular complexity index is 896. The fourth-order valence-electron chi connectivity index (χ4n) is 2.39. The number of rotatable bonds is 5. The molecule has 0 aliphatic carbocycles. The Morgan fingerprint density at radius 1 is 1.16 bits per heavy atom. The van der Waals surface area contributed by atoms with Crippen LogP contribution >= 0.6 is 0 Å². The van der Waals surface area contributed by atoms with Crippen molar-refractivity contribution in [3.05, 3.63) is 54.2 Å². The predicted octanol–water partition coefficient (Wildman–Crippen LogP) is 3.04. The molecule has 0 radical (unpaired) electrons. The largest absolute Gasteiger partial charge is 0.481 e. The number of fused-ring (bicyclic) bond motifs is 1. The van der Waals surface area contributed by atoms with Crippen molar-refractivity contribution in [3.63, 3.8) is 0 Å². The van der Waals surface area contributed by atoms with E-state index < -0.39 is 11.8 Å². The third kappa shape index (κ3) is 3.51. The number of nitrogens with one attached hydrogen (secondary N) is 1. The first-order chi connectivity index (χ1) is 12.1. The van der Waals surface area contributed by atoms with Crippen molar-refractivity contribution in [1.82, 2.24) is 15.4 Å². The summed E-state index contributed by atoms with van der Waals surface area (Å²) in [6.07, 6.45) is 1.62. The van der Waals surface area contributed by atoms with Crippen LogP contribution in [0.2, 0.25) is 0 Å². The van der Waals surface area contributed by atoms with Gasteiger partial charge in [-0.25, -0.2) is 10.5 Å². The predicted molar refractivity (Wildman–Crippen MR) is 91.0 cm³/mol. The fraction of sp³-hybridized carbons (Fsp3) is 0.167. The molecule has 0 spiro atoms. The number of hydroxylamine groups is 1. The number of carbonyl (C=O) groups excluding carboxylic acids is 1. The number of benzene rings is 1. The van der Waals surface area contributed by atoms with Gasteiger partial charge in [0.25, 0.3) is 5.91 Å². The molecular weight excluding hydrogens is 322 g/mol. The van der Waals surface area contributed by atoms with Crippen molar-refractivity contribution in [2.45, 2.75) is 12.8 Å². The Morgan fingerprint density at radius 2 is 1.92 bits per heavy atom. The number of methoxy groups -OCH3 is 1. The molecule has 0 aliphatic heterocycles. The summed E-state index contributed by atoms with van der Waals surface area (Å²) in [5, 5.41) is 9.47. The summed E-state index contributed by atoms with van der Waals surface area (Å²) in [7, 11) is 1.55. The Balaban J connectivity index is 1.85. The number of carbonyl (C=O) groups is 1. The summed E-state index contributed by atoms with van der Waals surface area (Å²) in [5.41, 5.74) is 2.95. The zero-order valence-corrected chi connectivity index (χ0v) is 13.8. The quantitative estimate of drug-likeness (QED) is 0.548. The van der Waals surface area contributed by atoms with Crippen LogP contribution in [0.15, 0.2) is 48.7 Å². The van der Waals surface area contributed by atoms with Gasteiger partial charge >= 0.3 is 0 Å². The first-order valence-electron chi connectivity index (χ1n) is 7.64. The lowest BCUT2D eigenvalue weighted by molar-refractivity contribution is -0.130. The van der Waals surface area contributed by atoms with Gasteiger partial charge < -0.3 is 9.47 Å². The normalized spacial score (nSPS) is 11.8. The third-order valence-corrected chi connectivity index (χ3v) is 3.86. The molecular formula is C18H17N3O4. The molecule has 1 amide bonds. The van der Waals surface area contributed by atoms with Crippen LogP contribution in [0, 0.1) is 0 Å². The highest BCUT2D eigenvalue weighted by atomic mass is 16.5. The van der Waals surface area contributed by atoms with Crippen LogP contribution in [-0.4, -0.2) is 28.2 Å². The van der Waals surface area contributed by atoms with E-state index in [0.717, 1.165) is 10.9 Å². The van der Waals surface area contributed by atoms with Gasteiger partial charge in [-0.2, -0.15) is 4.98 Å². The molecule has 1 aromatic carbocycles. The summed E-state index contributed by atoms with van der Waals surface area (Å²) >= 11 is 0. The molecule has 3 aromatic rings. The molecule has 1 atom stereocenters. The van der Waals surface area contributed by atoms with Crippen LogP contribution in [-0.2, 0) is 4.79 Å². The summed E-state index contributed by atoms with van der Waals surface area (Å²) < 4.78 is 11.0. The first kappa shape index (κ1) is 16.7. The average molecular weight is 339 g/mol. The van der Waals surface area contributed by atoms with E-state index >= 15 is 0 Å². The Morgan fingerprint density at radius 3 is 2.60 bits per heavy atom. The minimum Gasteiger partial charge on any atom is -0.481 e. The monoisotopic (exact) mass is 339 g/mol. The highest BCUT2D eigenvalue weighted by Crippen LogP contribution is 2.30. The summed E-state index contributed by atoms with van der Waals surface area (Å²) in [6.45, 7) is 1.71. The molecule has 2 N–H and O–H groups in total. The van der Waals surface area contributed by atoms with E-state index in [2.05, 4.69) is 9.97 Å². The topological polar surface area (TPSA) is 93.6 Å². The van der Waals surface area contributed by atoms with E-state index in [1.165, 1.54) is 0 Å². The molecule has 2 aromatic heterocycles. The maximum Gasteiger partial charge on any atom is 0.250 e. The molecule has 0 saturated carbocycles. The second-order valence-corrected chi connectivity index (χ2v) is 5.40. The Hall–Kier alpha value is -3.19. The molecule has 2 heterocycles. The van der Waals surface area contributed by atoms with Crippen LogP contribution in [0.4, 0.5) is 0 Å². The van der Waals surface area contributed by atoms with Gasteiger partial charge in [-0.3, -0.25) is 10.0 Å². The number of ether oxygens (including phenoxy) is 2. The van der Waals surface area contributed by atoms with E-state index in [1.807, 2.05) is 6.07 Å². The molecule has 25 heavy (non-hydrogen) atoms. The van der Waals surface area contributed by atoms with E-state index in [9.17, 15) is 4.79 Å². The summed E-state index contributed by atoms with van der Waals surface area (Å²) in [5.74, 6) is 0.793. The molecule has 0 saturated heterocycles. The summed E-state index contributed by atoms with van der Waals surface area (Å²) in [6, 6.07) is 12.4. The molecule has 0 aliphatic rings. The van der Waals surface area contributed by atoms with E-state index in [4.69, 9.17) is 14.7 Å². The van der Waals surface area contributed by atoms with Crippen molar-refractivity contribution in [1.29, 1.82) is 0 Å². The molecule has 128 valence electrons. The number of hydrogen-bond donors (Lipinski definition) is 2. The number of aromatic nitrogens is 2. The molecule has 3 rings (SSSR count). The molecule has 0 fully saturated rings.